The number of amides is 1. The van der Waals surface area contributed by atoms with Crippen LogP contribution in [-0.2, 0) is 9.53 Å². The van der Waals surface area contributed by atoms with Crippen LogP contribution in [0.2, 0.25) is 0 Å². The number of piperazine rings is 1. The quantitative estimate of drug-likeness (QED) is 0.787. The first kappa shape index (κ1) is 15.1. The Morgan fingerprint density at radius 1 is 1.57 bits per heavy atom. The smallest absolute Gasteiger partial charge is 0.341 e. The first-order valence-electron chi connectivity index (χ1n) is 7.05. The molecule has 0 aliphatic carbocycles. The maximum atomic E-state index is 12.1. The number of nitrogens with one attached hydrogen (secondary N) is 1. The fraction of sp³-hybridized carbons (Fsp3) is 0.500. The van der Waals surface area contributed by atoms with Crippen LogP contribution in [0.4, 0.5) is 11.5 Å². The van der Waals surface area contributed by atoms with E-state index >= 15 is 0 Å². The van der Waals surface area contributed by atoms with Crippen molar-refractivity contribution in [3.8, 4) is 0 Å². The van der Waals surface area contributed by atoms with Gasteiger partial charge >= 0.3 is 5.97 Å². The fourth-order valence-electron chi connectivity index (χ4n) is 2.44. The van der Waals surface area contributed by atoms with Gasteiger partial charge in [-0.2, -0.15) is 0 Å². The molecule has 1 aliphatic rings. The summed E-state index contributed by atoms with van der Waals surface area (Å²) in [6.07, 6.45) is 2.11. The molecule has 0 radical (unpaired) electrons. The van der Waals surface area contributed by atoms with Gasteiger partial charge in [0.25, 0.3) is 0 Å². The van der Waals surface area contributed by atoms with E-state index in [0.29, 0.717) is 36.6 Å². The number of pyridine rings is 1. The number of nitrogens with zero attached hydrogens (tertiary/aromatic N) is 2. The van der Waals surface area contributed by atoms with Gasteiger partial charge in [0, 0.05) is 13.1 Å². The maximum absolute atomic E-state index is 12.1. The predicted octanol–water partition coefficient (Wildman–Crippen LogP) is 0.555. The zero-order valence-electron chi connectivity index (χ0n) is 12.3. The Bertz CT molecular complexity index is 547. The zero-order chi connectivity index (χ0) is 15.4. The third-order valence-electron chi connectivity index (χ3n) is 3.37. The Morgan fingerprint density at radius 3 is 3.00 bits per heavy atom. The summed E-state index contributed by atoms with van der Waals surface area (Å²) in [4.78, 5) is 30.1. The van der Waals surface area contributed by atoms with Gasteiger partial charge in [-0.1, -0.05) is 6.92 Å². The molecule has 7 nitrogen and oxygen atoms in total. The van der Waals surface area contributed by atoms with E-state index < -0.39 is 5.97 Å². The fourth-order valence-corrected chi connectivity index (χ4v) is 2.44. The second-order valence-electron chi connectivity index (χ2n) is 4.77. The average Bonchev–Trinajstić information content (AvgIpc) is 2.47. The molecule has 7 heteroatoms. The van der Waals surface area contributed by atoms with E-state index in [1.165, 1.54) is 6.20 Å². The summed E-state index contributed by atoms with van der Waals surface area (Å²) < 4.78 is 5.05. The third-order valence-corrected chi connectivity index (χ3v) is 3.37. The van der Waals surface area contributed by atoms with Crippen LogP contribution < -0.4 is 16.0 Å². The van der Waals surface area contributed by atoms with Gasteiger partial charge in [0.2, 0.25) is 5.91 Å². The van der Waals surface area contributed by atoms with E-state index in [1.807, 2.05) is 11.8 Å². The van der Waals surface area contributed by atoms with Crippen LogP contribution in [0.15, 0.2) is 12.3 Å². The second-order valence-corrected chi connectivity index (χ2v) is 4.77. The largest absolute Gasteiger partial charge is 0.462 e. The summed E-state index contributed by atoms with van der Waals surface area (Å²) >= 11 is 0. The minimum atomic E-state index is -0.479. The van der Waals surface area contributed by atoms with Gasteiger partial charge in [-0.3, -0.25) is 4.79 Å². The molecule has 0 spiro atoms. The number of rotatable bonds is 4. The van der Waals surface area contributed by atoms with Crippen LogP contribution in [0.25, 0.3) is 0 Å². The van der Waals surface area contributed by atoms with Crippen LogP contribution in [0.5, 0.6) is 0 Å². The van der Waals surface area contributed by atoms with Gasteiger partial charge in [-0.05, 0) is 19.4 Å². The monoisotopic (exact) mass is 292 g/mol. The van der Waals surface area contributed by atoms with Crippen LogP contribution in [0, 0.1) is 0 Å². The Kier molecular flexibility index (Phi) is 4.62. The number of anilines is 2. The number of carbonyl (C=O) groups is 2. The van der Waals surface area contributed by atoms with Crippen molar-refractivity contribution in [2.75, 3.05) is 30.3 Å². The molecule has 2 heterocycles. The summed E-state index contributed by atoms with van der Waals surface area (Å²) in [6, 6.07) is 1.20. The van der Waals surface area contributed by atoms with Gasteiger partial charge < -0.3 is 20.7 Å². The first-order valence-corrected chi connectivity index (χ1v) is 7.05. The third kappa shape index (κ3) is 3.07. The Balaban J connectivity index is 2.42. The van der Waals surface area contributed by atoms with Crippen molar-refractivity contribution < 1.29 is 14.3 Å². The molecule has 0 bridgehead atoms. The molecule has 114 valence electrons. The standard InChI is InChI=1S/C14H20N4O3/c1-3-11-13(19)16-5-6-18(11)12-10(14(20)21-4-2)7-9(15)8-17-12/h7-8,11H,3-6,15H2,1-2H3,(H,16,19). The first-order chi connectivity index (χ1) is 10.1. The summed E-state index contributed by atoms with van der Waals surface area (Å²) in [5.41, 5.74) is 6.40. The van der Waals surface area contributed by atoms with Crippen molar-refractivity contribution in [1.82, 2.24) is 10.3 Å². The number of ether oxygens (including phenoxy) is 1. The minimum absolute atomic E-state index is 0.0582. The van der Waals surface area contributed by atoms with Crippen molar-refractivity contribution >= 4 is 23.4 Å². The van der Waals surface area contributed by atoms with Gasteiger partial charge in [0.15, 0.2) is 0 Å². The van der Waals surface area contributed by atoms with Gasteiger partial charge in [-0.15, -0.1) is 0 Å². The average molecular weight is 292 g/mol. The van der Waals surface area contributed by atoms with E-state index in [-0.39, 0.29) is 18.6 Å². The number of esters is 1. The van der Waals surface area contributed by atoms with Crippen LogP contribution in [0.3, 0.4) is 0 Å². The molecule has 1 aliphatic heterocycles. The number of nitrogen functional groups attached to an aromatic ring is 1. The normalized spacial score (nSPS) is 18.3. The van der Waals surface area contributed by atoms with E-state index in [9.17, 15) is 9.59 Å². The second kappa shape index (κ2) is 6.43. The SMILES string of the molecule is CCOC(=O)c1cc(N)cnc1N1CCNC(=O)C1CC. The highest BCUT2D eigenvalue weighted by Gasteiger charge is 2.31. The molecule has 21 heavy (non-hydrogen) atoms. The molecular formula is C14H20N4O3. The number of hydrogen-bond acceptors (Lipinski definition) is 6. The van der Waals surface area contributed by atoms with Crippen LogP contribution >= 0.6 is 0 Å². The molecule has 1 amide bonds. The van der Waals surface area contributed by atoms with Crippen molar-refractivity contribution in [2.24, 2.45) is 0 Å². The van der Waals surface area contributed by atoms with E-state index in [4.69, 9.17) is 10.5 Å². The van der Waals surface area contributed by atoms with Crippen molar-refractivity contribution in [2.45, 2.75) is 26.3 Å². The highest BCUT2D eigenvalue weighted by molar-refractivity contribution is 5.97. The molecule has 1 saturated heterocycles. The lowest BCUT2D eigenvalue weighted by Crippen LogP contribution is -2.55. The van der Waals surface area contributed by atoms with E-state index in [2.05, 4.69) is 10.3 Å². The lowest BCUT2D eigenvalue weighted by Gasteiger charge is -2.36. The molecule has 2 rings (SSSR count). The van der Waals surface area contributed by atoms with Crippen molar-refractivity contribution in [1.29, 1.82) is 0 Å². The van der Waals surface area contributed by atoms with Crippen LogP contribution in [0.1, 0.15) is 30.6 Å². The van der Waals surface area contributed by atoms with Gasteiger partial charge in [0.05, 0.1) is 18.5 Å². The van der Waals surface area contributed by atoms with E-state index in [0.717, 1.165) is 0 Å². The van der Waals surface area contributed by atoms with Crippen molar-refractivity contribution in [3.63, 3.8) is 0 Å². The number of nitrogens with two attached hydrogens (primary N) is 1. The maximum Gasteiger partial charge on any atom is 0.341 e. The number of carbonyl (C=O) groups excluding carboxylic acids is 2. The Morgan fingerprint density at radius 2 is 2.33 bits per heavy atom. The Hall–Kier alpha value is -2.31. The molecule has 0 saturated carbocycles. The molecule has 3 N–H and O–H groups in total. The summed E-state index contributed by atoms with van der Waals surface area (Å²) in [7, 11) is 0. The Labute approximate surface area is 123 Å². The van der Waals surface area contributed by atoms with Gasteiger partial charge in [-0.25, -0.2) is 9.78 Å². The highest BCUT2D eigenvalue weighted by atomic mass is 16.5. The van der Waals surface area contributed by atoms with Crippen LogP contribution in [-0.4, -0.2) is 42.6 Å². The molecule has 1 aromatic heterocycles. The highest BCUT2D eigenvalue weighted by Crippen LogP contribution is 2.25. The minimum Gasteiger partial charge on any atom is -0.462 e. The van der Waals surface area contributed by atoms with E-state index in [1.54, 1.807) is 13.0 Å². The lowest BCUT2D eigenvalue weighted by atomic mass is 10.1. The molecule has 1 aromatic rings. The molecule has 0 aromatic carbocycles. The summed E-state index contributed by atoms with van der Waals surface area (Å²) in [5, 5.41) is 2.82. The molecule has 1 fully saturated rings. The number of hydrogen-bond donors (Lipinski definition) is 2. The van der Waals surface area contributed by atoms with Gasteiger partial charge in [0.1, 0.15) is 17.4 Å². The molecule has 1 atom stereocenters. The topological polar surface area (TPSA) is 97.6 Å². The molecule has 1 unspecified atom stereocenters. The van der Waals surface area contributed by atoms with Crippen molar-refractivity contribution in [3.05, 3.63) is 17.8 Å². The summed E-state index contributed by atoms with van der Waals surface area (Å²) in [6.45, 7) is 5.03. The summed E-state index contributed by atoms with van der Waals surface area (Å²) in [5.74, 6) is -0.0883. The zero-order valence-corrected chi connectivity index (χ0v) is 12.3. The number of aromatic nitrogens is 1. The lowest BCUT2D eigenvalue weighted by molar-refractivity contribution is -0.123. The molecular weight excluding hydrogens is 272 g/mol. The predicted molar refractivity (Wildman–Crippen MR) is 79.0 cm³/mol.